The van der Waals surface area contributed by atoms with Gasteiger partial charge in [0, 0.05) is 23.7 Å². The average Bonchev–Trinajstić information content (AvgIpc) is 3.36. The number of aliphatic hydroxyl groups excluding tert-OH is 1. The molecule has 1 aliphatic heterocycles. The van der Waals surface area contributed by atoms with Crippen LogP contribution in [0.5, 0.6) is 17.2 Å². The number of nitrogens with two attached hydrogens (primary N) is 1. The van der Waals surface area contributed by atoms with Gasteiger partial charge in [0.05, 0.1) is 18.0 Å². The summed E-state index contributed by atoms with van der Waals surface area (Å²) in [7, 11) is 0. The minimum Gasteiger partial charge on any atom is -0.491 e. The average molecular weight is 506 g/mol. The zero-order valence-corrected chi connectivity index (χ0v) is 19.9. The Morgan fingerprint density at radius 3 is 2.65 bits per heavy atom. The Labute approximate surface area is 213 Å². The quantitative estimate of drug-likeness (QED) is 0.237. The first-order valence-corrected chi connectivity index (χ1v) is 11.6. The second-order valence-electron chi connectivity index (χ2n) is 7.91. The zero-order chi connectivity index (χ0) is 26.0. The van der Waals surface area contributed by atoms with Crippen molar-refractivity contribution in [2.24, 2.45) is 0 Å². The molecule has 0 aromatic heterocycles. The number of anilines is 3. The molecule has 0 aliphatic carbocycles. The van der Waals surface area contributed by atoms with Crippen LogP contribution >= 0.6 is 0 Å². The SMILES string of the molecule is Nc1ccccc1NC(=O)/C=C/C[C@@H](OC(=O)Nc1ccc2c(c1)OCO2)c1ccccc1OCCO. The first-order valence-electron chi connectivity index (χ1n) is 11.6. The van der Waals surface area contributed by atoms with Crippen molar-refractivity contribution < 1.29 is 33.6 Å². The first-order chi connectivity index (χ1) is 18.0. The summed E-state index contributed by atoms with van der Waals surface area (Å²) in [5, 5.41) is 14.6. The number of rotatable bonds is 10. The topological polar surface area (TPSA) is 141 Å². The molecule has 0 bridgehead atoms. The molecule has 37 heavy (non-hydrogen) atoms. The van der Waals surface area contributed by atoms with Crippen LogP contribution in [0.3, 0.4) is 0 Å². The summed E-state index contributed by atoms with van der Waals surface area (Å²) in [6.07, 6.45) is 1.60. The molecule has 0 radical (unpaired) electrons. The van der Waals surface area contributed by atoms with E-state index in [0.717, 1.165) is 0 Å². The van der Waals surface area contributed by atoms with E-state index in [4.69, 9.17) is 24.7 Å². The Bertz CT molecular complexity index is 1280. The summed E-state index contributed by atoms with van der Waals surface area (Å²) in [5.41, 5.74) is 7.86. The molecule has 1 heterocycles. The Hall–Kier alpha value is -4.70. The summed E-state index contributed by atoms with van der Waals surface area (Å²) in [5.74, 6) is 1.18. The maximum absolute atomic E-state index is 12.8. The monoisotopic (exact) mass is 505 g/mol. The lowest BCUT2D eigenvalue weighted by Gasteiger charge is -2.20. The van der Waals surface area contributed by atoms with Gasteiger partial charge in [0.1, 0.15) is 18.5 Å². The highest BCUT2D eigenvalue weighted by Crippen LogP contribution is 2.35. The van der Waals surface area contributed by atoms with Gasteiger partial charge in [-0.25, -0.2) is 4.79 Å². The summed E-state index contributed by atoms with van der Waals surface area (Å²) in [4.78, 5) is 25.2. The Kier molecular flexibility index (Phi) is 8.45. The van der Waals surface area contributed by atoms with E-state index in [9.17, 15) is 14.7 Å². The maximum atomic E-state index is 12.8. The van der Waals surface area contributed by atoms with Crippen LogP contribution in [0.2, 0.25) is 0 Å². The van der Waals surface area contributed by atoms with Crippen molar-refractivity contribution in [3.05, 3.63) is 84.4 Å². The molecule has 4 rings (SSSR count). The van der Waals surface area contributed by atoms with Gasteiger partial charge in [0.15, 0.2) is 11.5 Å². The van der Waals surface area contributed by atoms with E-state index >= 15 is 0 Å². The highest BCUT2D eigenvalue weighted by molar-refractivity contribution is 6.01. The molecule has 1 atom stereocenters. The fourth-order valence-electron chi connectivity index (χ4n) is 3.61. The summed E-state index contributed by atoms with van der Waals surface area (Å²) in [6, 6.07) is 18.9. The van der Waals surface area contributed by atoms with Gasteiger partial charge in [-0.2, -0.15) is 0 Å². The Balaban J connectivity index is 1.47. The van der Waals surface area contributed by atoms with Gasteiger partial charge in [-0.1, -0.05) is 36.4 Å². The van der Waals surface area contributed by atoms with E-state index < -0.39 is 12.2 Å². The van der Waals surface area contributed by atoms with Gasteiger partial charge >= 0.3 is 6.09 Å². The fourth-order valence-corrected chi connectivity index (χ4v) is 3.61. The molecule has 5 N–H and O–H groups in total. The number of carbonyl (C=O) groups is 2. The minimum atomic E-state index is -0.797. The van der Waals surface area contributed by atoms with E-state index in [1.807, 2.05) is 0 Å². The van der Waals surface area contributed by atoms with Crippen molar-refractivity contribution in [3.8, 4) is 17.2 Å². The number of nitrogens with one attached hydrogen (secondary N) is 2. The highest BCUT2D eigenvalue weighted by atomic mass is 16.7. The molecule has 10 nitrogen and oxygen atoms in total. The molecule has 0 fully saturated rings. The number of amides is 2. The van der Waals surface area contributed by atoms with Crippen LogP contribution < -0.4 is 30.6 Å². The number of hydrogen-bond acceptors (Lipinski definition) is 8. The number of carbonyl (C=O) groups excluding carboxylic acids is 2. The van der Waals surface area contributed by atoms with Gasteiger partial charge in [0.25, 0.3) is 0 Å². The number of fused-ring (bicyclic) bond motifs is 1. The van der Waals surface area contributed by atoms with Crippen LogP contribution in [-0.4, -0.2) is 37.1 Å². The van der Waals surface area contributed by atoms with Gasteiger partial charge < -0.3 is 35.1 Å². The zero-order valence-electron chi connectivity index (χ0n) is 19.9. The van der Waals surface area contributed by atoms with E-state index in [0.29, 0.717) is 39.9 Å². The van der Waals surface area contributed by atoms with Crippen LogP contribution in [0, 0.1) is 0 Å². The normalized spacial score (nSPS) is 12.7. The number of benzene rings is 3. The van der Waals surface area contributed by atoms with Crippen LogP contribution in [0.4, 0.5) is 21.9 Å². The minimum absolute atomic E-state index is 0.0733. The lowest BCUT2D eigenvalue weighted by molar-refractivity contribution is -0.111. The molecular formula is C27H27N3O7. The molecule has 0 spiro atoms. The molecule has 2 amide bonds. The third-order valence-electron chi connectivity index (χ3n) is 5.32. The summed E-state index contributed by atoms with van der Waals surface area (Å²) in [6.45, 7) is 0.0176. The largest absolute Gasteiger partial charge is 0.491 e. The van der Waals surface area contributed by atoms with E-state index in [1.165, 1.54) is 6.08 Å². The van der Waals surface area contributed by atoms with Crippen molar-refractivity contribution in [3.63, 3.8) is 0 Å². The van der Waals surface area contributed by atoms with Crippen molar-refractivity contribution >= 4 is 29.1 Å². The molecule has 192 valence electrons. The number of nitrogen functional groups attached to an aromatic ring is 1. The number of ether oxygens (including phenoxy) is 4. The number of hydrogen-bond donors (Lipinski definition) is 4. The van der Waals surface area contributed by atoms with Crippen LogP contribution in [0.15, 0.2) is 78.9 Å². The molecule has 3 aromatic carbocycles. The molecule has 3 aromatic rings. The third-order valence-corrected chi connectivity index (χ3v) is 5.32. The van der Waals surface area contributed by atoms with Crippen LogP contribution in [0.25, 0.3) is 0 Å². The maximum Gasteiger partial charge on any atom is 0.412 e. The van der Waals surface area contributed by atoms with E-state index in [-0.39, 0.29) is 32.3 Å². The van der Waals surface area contributed by atoms with Crippen LogP contribution in [-0.2, 0) is 9.53 Å². The lowest BCUT2D eigenvalue weighted by Crippen LogP contribution is -2.18. The molecule has 0 saturated carbocycles. The second kappa shape index (κ2) is 12.3. The molecule has 1 aliphatic rings. The fraction of sp³-hybridized carbons (Fsp3) is 0.185. The van der Waals surface area contributed by atoms with Crippen molar-refractivity contribution in [2.75, 3.05) is 36.4 Å². The van der Waals surface area contributed by atoms with Crippen molar-refractivity contribution in [1.29, 1.82) is 0 Å². The van der Waals surface area contributed by atoms with Gasteiger partial charge in [-0.05, 0) is 36.4 Å². The Morgan fingerprint density at radius 2 is 1.81 bits per heavy atom. The van der Waals surface area contributed by atoms with Gasteiger partial charge in [-0.15, -0.1) is 0 Å². The summed E-state index contributed by atoms with van der Waals surface area (Å²) >= 11 is 0. The molecule has 0 saturated heterocycles. The number of para-hydroxylation sites is 3. The van der Waals surface area contributed by atoms with Crippen LogP contribution in [0.1, 0.15) is 18.1 Å². The third kappa shape index (κ3) is 6.92. The molecule has 0 unspecified atom stereocenters. The highest BCUT2D eigenvalue weighted by Gasteiger charge is 2.21. The van der Waals surface area contributed by atoms with Crippen molar-refractivity contribution in [2.45, 2.75) is 12.5 Å². The van der Waals surface area contributed by atoms with E-state index in [2.05, 4.69) is 10.6 Å². The molecule has 10 heteroatoms. The van der Waals surface area contributed by atoms with Gasteiger partial charge in [-0.3, -0.25) is 10.1 Å². The molecular weight excluding hydrogens is 478 g/mol. The van der Waals surface area contributed by atoms with Gasteiger partial charge in [0.2, 0.25) is 12.7 Å². The Morgan fingerprint density at radius 1 is 1.03 bits per heavy atom. The second-order valence-corrected chi connectivity index (χ2v) is 7.91. The first kappa shape index (κ1) is 25.4. The number of aliphatic hydroxyl groups is 1. The predicted molar refractivity (Wildman–Crippen MR) is 138 cm³/mol. The van der Waals surface area contributed by atoms with Crippen molar-refractivity contribution in [1.82, 2.24) is 0 Å². The van der Waals surface area contributed by atoms with E-state index in [1.54, 1.807) is 72.8 Å². The summed E-state index contributed by atoms with van der Waals surface area (Å²) < 4.78 is 22.0. The lowest BCUT2D eigenvalue weighted by atomic mass is 10.0. The standard InChI is InChI=1S/C27H27N3O7/c28-20-7-2-3-8-21(20)30-26(32)11-5-10-23(19-6-1-4-9-22(19)34-15-14-31)37-27(33)29-18-12-13-24-25(16-18)36-17-35-24/h1-9,11-13,16,23,31H,10,14-15,17,28H2,(H,29,33)(H,30,32)/b11-5+/t23-/m1/s1. The predicted octanol–water partition coefficient (Wildman–Crippen LogP) is 4.24. The smallest absolute Gasteiger partial charge is 0.412 e.